The van der Waals surface area contributed by atoms with Gasteiger partial charge in [-0.3, -0.25) is 0 Å². The number of furan rings is 1. The summed E-state index contributed by atoms with van der Waals surface area (Å²) in [5, 5.41) is 3.03. The Balaban J connectivity index is 2.26. The van der Waals surface area contributed by atoms with E-state index >= 15 is 0 Å². The lowest BCUT2D eigenvalue weighted by Gasteiger charge is -2.15. The first-order valence-corrected chi connectivity index (χ1v) is 6.25. The van der Waals surface area contributed by atoms with Crippen LogP contribution < -0.4 is 5.32 Å². The van der Waals surface area contributed by atoms with Gasteiger partial charge in [-0.05, 0) is 47.1 Å². The van der Waals surface area contributed by atoms with Crippen LogP contribution in [0.15, 0.2) is 39.4 Å². The fourth-order valence-electron chi connectivity index (χ4n) is 1.81. The maximum atomic E-state index is 13.6. The molecule has 0 aliphatic rings. The van der Waals surface area contributed by atoms with Gasteiger partial charge in [-0.15, -0.1) is 0 Å². The lowest BCUT2D eigenvalue weighted by atomic mass is 10.0. The molecule has 2 aromatic rings. The van der Waals surface area contributed by atoms with Gasteiger partial charge in [-0.25, -0.2) is 8.78 Å². The minimum absolute atomic E-state index is 0.217. The quantitative estimate of drug-likeness (QED) is 0.927. The number of benzene rings is 1. The Morgan fingerprint density at radius 2 is 2.11 bits per heavy atom. The highest BCUT2D eigenvalue weighted by Gasteiger charge is 2.19. The molecule has 18 heavy (non-hydrogen) atoms. The van der Waals surface area contributed by atoms with Crippen molar-refractivity contribution in [2.45, 2.75) is 12.5 Å². The highest BCUT2D eigenvalue weighted by atomic mass is 79.9. The molecule has 0 spiro atoms. The van der Waals surface area contributed by atoms with Crippen LogP contribution in [-0.4, -0.2) is 7.05 Å². The third kappa shape index (κ3) is 2.62. The van der Waals surface area contributed by atoms with E-state index in [0.29, 0.717) is 17.7 Å². The minimum atomic E-state index is -0.833. The van der Waals surface area contributed by atoms with Gasteiger partial charge in [-0.2, -0.15) is 0 Å². The number of hydrogen-bond donors (Lipinski definition) is 1. The molecule has 1 atom stereocenters. The van der Waals surface area contributed by atoms with Gasteiger partial charge in [0.15, 0.2) is 11.6 Å². The first kappa shape index (κ1) is 13.2. The second kappa shape index (κ2) is 5.63. The summed E-state index contributed by atoms with van der Waals surface area (Å²) in [7, 11) is 1.75. The van der Waals surface area contributed by atoms with Gasteiger partial charge in [0.2, 0.25) is 0 Å². The summed E-state index contributed by atoms with van der Waals surface area (Å²) < 4.78 is 32.9. The first-order chi connectivity index (χ1) is 8.63. The van der Waals surface area contributed by atoms with E-state index < -0.39 is 11.6 Å². The Morgan fingerprint density at radius 1 is 1.33 bits per heavy atom. The highest BCUT2D eigenvalue weighted by Crippen LogP contribution is 2.27. The van der Waals surface area contributed by atoms with Crippen LogP contribution in [0.4, 0.5) is 8.78 Å². The SMILES string of the molecule is CNC(Cc1cccc(F)c1F)c1occc1Br. The molecule has 0 saturated carbocycles. The van der Waals surface area contributed by atoms with Crippen molar-refractivity contribution < 1.29 is 13.2 Å². The molecular formula is C13H12BrF2NO. The maximum Gasteiger partial charge on any atom is 0.162 e. The van der Waals surface area contributed by atoms with Crippen molar-refractivity contribution >= 4 is 15.9 Å². The summed E-state index contributed by atoms with van der Waals surface area (Å²) in [6.07, 6.45) is 1.86. The molecule has 2 rings (SSSR count). The van der Waals surface area contributed by atoms with E-state index in [1.54, 1.807) is 25.4 Å². The average Bonchev–Trinajstić information content (AvgIpc) is 2.77. The first-order valence-electron chi connectivity index (χ1n) is 5.46. The molecular weight excluding hydrogens is 304 g/mol. The molecule has 5 heteroatoms. The summed E-state index contributed by atoms with van der Waals surface area (Å²) in [6, 6.07) is 5.72. The van der Waals surface area contributed by atoms with Gasteiger partial charge in [-0.1, -0.05) is 12.1 Å². The monoisotopic (exact) mass is 315 g/mol. The Kier molecular flexibility index (Phi) is 4.14. The van der Waals surface area contributed by atoms with Crippen LogP contribution >= 0.6 is 15.9 Å². The van der Waals surface area contributed by atoms with E-state index in [9.17, 15) is 8.78 Å². The zero-order chi connectivity index (χ0) is 13.1. The predicted octanol–water partition coefficient (Wildman–Crippen LogP) is 3.82. The lowest BCUT2D eigenvalue weighted by Crippen LogP contribution is -2.19. The molecule has 0 aliphatic carbocycles. The third-order valence-electron chi connectivity index (χ3n) is 2.77. The molecule has 0 fully saturated rings. The van der Waals surface area contributed by atoms with Crippen molar-refractivity contribution in [1.29, 1.82) is 0 Å². The molecule has 1 N–H and O–H groups in total. The molecule has 96 valence electrons. The van der Waals surface area contributed by atoms with Gasteiger partial charge >= 0.3 is 0 Å². The van der Waals surface area contributed by atoms with Crippen molar-refractivity contribution in [2.24, 2.45) is 0 Å². The molecule has 1 heterocycles. The third-order valence-corrected chi connectivity index (χ3v) is 3.42. The molecule has 1 aromatic carbocycles. The number of halogens is 3. The molecule has 1 unspecified atom stereocenters. The Bertz CT molecular complexity index is 542. The van der Waals surface area contributed by atoms with Crippen molar-refractivity contribution in [2.75, 3.05) is 7.05 Å². The average molecular weight is 316 g/mol. The van der Waals surface area contributed by atoms with Crippen LogP contribution in [-0.2, 0) is 6.42 Å². The molecule has 1 aromatic heterocycles. The number of nitrogens with one attached hydrogen (secondary N) is 1. The van der Waals surface area contributed by atoms with E-state index in [2.05, 4.69) is 21.2 Å². The van der Waals surface area contributed by atoms with E-state index in [0.717, 1.165) is 10.5 Å². The second-order valence-corrected chi connectivity index (χ2v) is 4.75. The second-order valence-electron chi connectivity index (χ2n) is 3.89. The Morgan fingerprint density at radius 3 is 2.72 bits per heavy atom. The standard InChI is InChI=1S/C13H12BrF2NO/c1-17-11(13-9(14)5-6-18-13)7-8-3-2-4-10(15)12(8)16/h2-6,11,17H,7H2,1H3. The van der Waals surface area contributed by atoms with Crippen LogP contribution in [0.5, 0.6) is 0 Å². The molecule has 0 radical (unpaired) electrons. The number of hydrogen-bond acceptors (Lipinski definition) is 2. The maximum absolute atomic E-state index is 13.6. The van der Waals surface area contributed by atoms with Crippen LogP contribution in [0.25, 0.3) is 0 Å². The number of rotatable bonds is 4. The van der Waals surface area contributed by atoms with Crippen molar-refractivity contribution in [3.05, 3.63) is 58.0 Å². The van der Waals surface area contributed by atoms with Gasteiger partial charge in [0.1, 0.15) is 5.76 Å². The summed E-state index contributed by atoms with van der Waals surface area (Å²) in [6.45, 7) is 0. The van der Waals surface area contributed by atoms with Crippen LogP contribution in [0.3, 0.4) is 0 Å². The Hall–Kier alpha value is -1.20. The van der Waals surface area contributed by atoms with Crippen LogP contribution in [0.2, 0.25) is 0 Å². The van der Waals surface area contributed by atoms with E-state index in [1.165, 1.54) is 6.07 Å². The number of likely N-dealkylation sites (N-methyl/N-ethyl adjacent to an activating group) is 1. The fourth-order valence-corrected chi connectivity index (χ4v) is 2.28. The minimum Gasteiger partial charge on any atom is -0.466 e. The summed E-state index contributed by atoms with van der Waals surface area (Å²) in [5.74, 6) is -0.970. The summed E-state index contributed by atoms with van der Waals surface area (Å²) in [5.41, 5.74) is 0.317. The van der Waals surface area contributed by atoms with Crippen molar-refractivity contribution in [3.8, 4) is 0 Å². The largest absolute Gasteiger partial charge is 0.466 e. The van der Waals surface area contributed by atoms with Crippen LogP contribution in [0.1, 0.15) is 17.4 Å². The van der Waals surface area contributed by atoms with Crippen LogP contribution in [0, 0.1) is 11.6 Å². The zero-order valence-corrected chi connectivity index (χ0v) is 11.3. The van der Waals surface area contributed by atoms with E-state index in [1.807, 2.05) is 0 Å². The van der Waals surface area contributed by atoms with Gasteiger partial charge in [0, 0.05) is 0 Å². The van der Waals surface area contributed by atoms with E-state index in [-0.39, 0.29) is 6.04 Å². The fraction of sp³-hybridized carbons (Fsp3) is 0.231. The van der Waals surface area contributed by atoms with Gasteiger partial charge < -0.3 is 9.73 Å². The van der Waals surface area contributed by atoms with Gasteiger partial charge in [0.25, 0.3) is 0 Å². The van der Waals surface area contributed by atoms with Crippen molar-refractivity contribution in [1.82, 2.24) is 5.32 Å². The predicted molar refractivity (Wildman–Crippen MR) is 68.3 cm³/mol. The molecule has 0 aliphatic heterocycles. The molecule has 0 saturated heterocycles. The smallest absolute Gasteiger partial charge is 0.162 e. The molecule has 2 nitrogen and oxygen atoms in total. The topological polar surface area (TPSA) is 25.2 Å². The highest BCUT2D eigenvalue weighted by molar-refractivity contribution is 9.10. The van der Waals surface area contributed by atoms with E-state index in [4.69, 9.17) is 4.42 Å². The summed E-state index contributed by atoms with van der Waals surface area (Å²) in [4.78, 5) is 0. The van der Waals surface area contributed by atoms with Gasteiger partial charge in [0.05, 0.1) is 16.8 Å². The molecule has 0 amide bonds. The normalized spacial score (nSPS) is 12.7. The molecule has 0 bridgehead atoms. The Labute approximate surface area is 112 Å². The summed E-state index contributed by atoms with van der Waals surface area (Å²) >= 11 is 3.35. The zero-order valence-electron chi connectivity index (χ0n) is 9.71. The van der Waals surface area contributed by atoms with Crippen molar-refractivity contribution in [3.63, 3.8) is 0 Å². The lowest BCUT2D eigenvalue weighted by molar-refractivity contribution is 0.418.